The molecule has 0 atom stereocenters. The summed E-state index contributed by atoms with van der Waals surface area (Å²) in [6, 6.07) is 7.55. The summed E-state index contributed by atoms with van der Waals surface area (Å²) in [7, 11) is 0. The molecular weight excluding hydrogens is 200 g/mol. The summed E-state index contributed by atoms with van der Waals surface area (Å²) in [6.07, 6.45) is 1.70. The quantitative estimate of drug-likeness (QED) is 0.805. The largest absolute Gasteiger partial charge is 0.396 e. The van der Waals surface area contributed by atoms with Gasteiger partial charge in [-0.3, -0.25) is 4.98 Å². The first-order valence-electron chi connectivity index (χ1n) is 5.08. The van der Waals surface area contributed by atoms with Crippen LogP contribution in [0, 0.1) is 13.8 Å². The fraction of sp³-hybridized carbons (Fsp3) is 0.167. The van der Waals surface area contributed by atoms with Crippen LogP contribution >= 0.6 is 0 Å². The maximum absolute atomic E-state index is 5.80. The molecule has 2 aromatic rings. The molecule has 3 N–H and O–H groups in total. The molecule has 0 aromatic carbocycles. The Bertz CT molecular complexity index is 508. The molecule has 0 radical (unpaired) electrons. The van der Waals surface area contributed by atoms with Gasteiger partial charge in [-0.2, -0.15) is 0 Å². The lowest BCUT2D eigenvalue weighted by Gasteiger charge is -2.10. The first-order chi connectivity index (χ1) is 7.66. The average Bonchev–Trinajstić information content (AvgIpc) is 2.25. The molecule has 2 rings (SSSR count). The van der Waals surface area contributed by atoms with E-state index in [-0.39, 0.29) is 0 Å². The molecule has 0 bridgehead atoms. The molecule has 4 nitrogen and oxygen atoms in total. The molecule has 0 aliphatic heterocycles. The van der Waals surface area contributed by atoms with E-state index >= 15 is 0 Å². The fourth-order valence-electron chi connectivity index (χ4n) is 1.47. The summed E-state index contributed by atoms with van der Waals surface area (Å²) >= 11 is 0. The molecule has 0 aliphatic rings. The molecular formula is C12H14N4. The molecule has 0 unspecified atom stereocenters. The molecule has 4 heteroatoms. The summed E-state index contributed by atoms with van der Waals surface area (Å²) in [5.74, 6) is 0.663. The highest BCUT2D eigenvalue weighted by Crippen LogP contribution is 2.21. The van der Waals surface area contributed by atoms with Crippen LogP contribution in [0.4, 0.5) is 17.2 Å². The lowest BCUT2D eigenvalue weighted by molar-refractivity contribution is 1.12. The Kier molecular flexibility index (Phi) is 2.72. The zero-order valence-electron chi connectivity index (χ0n) is 9.36. The van der Waals surface area contributed by atoms with Gasteiger partial charge >= 0.3 is 0 Å². The number of rotatable bonds is 2. The molecule has 16 heavy (non-hydrogen) atoms. The van der Waals surface area contributed by atoms with Crippen molar-refractivity contribution in [2.75, 3.05) is 11.1 Å². The lowest BCUT2D eigenvalue weighted by atomic mass is 10.2. The number of aromatic nitrogens is 2. The van der Waals surface area contributed by atoms with Gasteiger partial charge < -0.3 is 11.1 Å². The number of nitrogens with one attached hydrogen (secondary N) is 1. The van der Waals surface area contributed by atoms with Gasteiger partial charge in [-0.05, 0) is 38.1 Å². The summed E-state index contributed by atoms with van der Waals surface area (Å²) in [5.41, 5.74) is 9.29. The number of nitrogens with two attached hydrogens (primary N) is 1. The number of pyridine rings is 2. The van der Waals surface area contributed by atoms with Crippen molar-refractivity contribution in [3.05, 3.63) is 41.9 Å². The van der Waals surface area contributed by atoms with Crippen molar-refractivity contribution in [3.8, 4) is 0 Å². The van der Waals surface area contributed by atoms with Crippen LogP contribution in [0.5, 0.6) is 0 Å². The fourth-order valence-corrected chi connectivity index (χ4v) is 1.47. The van der Waals surface area contributed by atoms with Gasteiger partial charge in [-0.1, -0.05) is 0 Å². The predicted octanol–water partition coefficient (Wildman–Crippen LogP) is 2.42. The van der Waals surface area contributed by atoms with Gasteiger partial charge in [-0.15, -0.1) is 0 Å². The van der Waals surface area contributed by atoms with Gasteiger partial charge in [0, 0.05) is 11.9 Å². The summed E-state index contributed by atoms with van der Waals surface area (Å²) < 4.78 is 0. The molecule has 2 aromatic heterocycles. The molecule has 0 spiro atoms. The van der Waals surface area contributed by atoms with Crippen LogP contribution in [0.2, 0.25) is 0 Å². The molecule has 0 aliphatic carbocycles. The average molecular weight is 214 g/mol. The number of anilines is 3. The molecule has 2 heterocycles. The Morgan fingerprint density at radius 2 is 2.00 bits per heavy atom. The highest BCUT2D eigenvalue weighted by molar-refractivity contribution is 5.69. The van der Waals surface area contributed by atoms with E-state index in [1.54, 1.807) is 12.3 Å². The highest BCUT2D eigenvalue weighted by atomic mass is 15.0. The van der Waals surface area contributed by atoms with Crippen LogP contribution in [0.25, 0.3) is 0 Å². The number of aryl methyl sites for hydroxylation is 2. The Balaban J connectivity index is 2.31. The van der Waals surface area contributed by atoms with Crippen molar-refractivity contribution < 1.29 is 0 Å². The van der Waals surface area contributed by atoms with Gasteiger partial charge in [0.2, 0.25) is 0 Å². The second kappa shape index (κ2) is 4.18. The van der Waals surface area contributed by atoms with Gasteiger partial charge in [0.05, 0.1) is 17.1 Å². The zero-order valence-corrected chi connectivity index (χ0v) is 9.36. The van der Waals surface area contributed by atoms with E-state index in [4.69, 9.17) is 5.73 Å². The molecule has 82 valence electrons. The van der Waals surface area contributed by atoms with Crippen molar-refractivity contribution in [2.24, 2.45) is 0 Å². The normalized spacial score (nSPS) is 10.1. The zero-order chi connectivity index (χ0) is 11.5. The van der Waals surface area contributed by atoms with Crippen LogP contribution < -0.4 is 11.1 Å². The van der Waals surface area contributed by atoms with Crippen LogP contribution in [-0.4, -0.2) is 9.97 Å². The van der Waals surface area contributed by atoms with E-state index in [0.29, 0.717) is 11.5 Å². The van der Waals surface area contributed by atoms with Gasteiger partial charge in [0.15, 0.2) is 5.82 Å². The van der Waals surface area contributed by atoms with E-state index in [1.807, 2.05) is 32.0 Å². The van der Waals surface area contributed by atoms with Crippen molar-refractivity contribution >= 4 is 17.2 Å². The maximum Gasteiger partial charge on any atom is 0.153 e. The third-order valence-electron chi connectivity index (χ3n) is 2.32. The van der Waals surface area contributed by atoms with Crippen molar-refractivity contribution in [2.45, 2.75) is 13.8 Å². The minimum Gasteiger partial charge on any atom is -0.396 e. The summed E-state index contributed by atoms with van der Waals surface area (Å²) in [4.78, 5) is 8.54. The predicted molar refractivity (Wildman–Crippen MR) is 65.6 cm³/mol. The number of nitrogens with zero attached hydrogens (tertiary/aromatic N) is 2. The number of hydrogen-bond acceptors (Lipinski definition) is 4. The molecule has 0 fully saturated rings. The Hall–Kier alpha value is -2.10. The first kappa shape index (κ1) is 10.4. The first-order valence-corrected chi connectivity index (χ1v) is 5.08. The monoisotopic (exact) mass is 214 g/mol. The third-order valence-corrected chi connectivity index (χ3v) is 2.32. The van der Waals surface area contributed by atoms with Gasteiger partial charge in [-0.25, -0.2) is 4.98 Å². The third kappa shape index (κ3) is 2.11. The van der Waals surface area contributed by atoms with Crippen LogP contribution in [0.15, 0.2) is 30.5 Å². The van der Waals surface area contributed by atoms with E-state index in [1.165, 1.54) is 0 Å². The summed E-state index contributed by atoms with van der Waals surface area (Å²) in [5, 5.41) is 3.17. The standard InChI is InChI=1S/C12H14N4/c1-8-5-6-11(9(2)15-8)16-12-10(13)4-3-7-14-12/h3-7H,13H2,1-2H3,(H,14,16). The SMILES string of the molecule is Cc1ccc(Nc2ncccc2N)c(C)n1. The minimum absolute atomic E-state index is 0.627. The molecule has 0 saturated carbocycles. The Morgan fingerprint density at radius 1 is 1.19 bits per heavy atom. The number of nitrogen functional groups attached to an aromatic ring is 1. The van der Waals surface area contributed by atoms with E-state index < -0.39 is 0 Å². The van der Waals surface area contributed by atoms with Crippen molar-refractivity contribution in [1.82, 2.24) is 9.97 Å². The Morgan fingerprint density at radius 3 is 2.69 bits per heavy atom. The van der Waals surface area contributed by atoms with Gasteiger partial charge in [0.25, 0.3) is 0 Å². The Labute approximate surface area is 94.5 Å². The van der Waals surface area contributed by atoms with Crippen LogP contribution in [-0.2, 0) is 0 Å². The topological polar surface area (TPSA) is 63.8 Å². The maximum atomic E-state index is 5.80. The van der Waals surface area contributed by atoms with Crippen LogP contribution in [0.1, 0.15) is 11.4 Å². The second-order valence-electron chi connectivity index (χ2n) is 3.65. The minimum atomic E-state index is 0.627. The lowest BCUT2D eigenvalue weighted by Crippen LogP contribution is -2.01. The molecule has 0 amide bonds. The highest BCUT2D eigenvalue weighted by Gasteiger charge is 2.03. The van der Waals surface area contributed by atoms with E-state index in [2.05, 4.69) is 15.3 Å². The van der Waals surface area contributed by atoms with Crippen molar-refractivity contribution in [1.29, 1.82) is 0 Å². The molecule has 0 saturated heterocycles. The van der Waals surface area contributed by atoms with Crippen molar-refractivity contribution in [3.63, 3.8) is 0 Å². The second-order valence-corrected chi connectivity index (χ2v) is 3.65. The van der Waals surface area contributed by atoms with Gasteiger partial charge in [0.1, 0.15) is 0 Å². The van der Waals surface area contributed by atoms with Crippen LogP contribution in [0.3, 0.4) is 0 Å². The van der Waals surface area contributed by atoms with E-state index in [0.717, 1.165) is 17.1 Å². The van der Waals surface area contributed by atoms with E-state index in [9.17, 15) is 0 Å². The smallest absolute Gasteiger partial charge is 0.153 e. The summed E-state index contributed by atoms with van der Waals surface area (Å²) in [6.45, 7) is 3.92. The number of hydrogen-bond donors (Lipinski definition) is 2.